The van der Waals surface area contributed by atoms with Crippen molar-refractivity contribution in [2.24, 2.45) is 5.73 Å². The molecule has 0 saturated heterocycles. The van der Waals surface area contributed by atoms with Crippen molar-refractivity contribution in [1.29, 1.82) is 5.41 Å². The van der Waals surface area contributed by atoms with Crippen molar-refractivity contribution in [2.45, 2.75) is 19.8 Å². The Morgan fingerprint density at radius 2 is 2.24 bits per heavy atom. The van der Waals surface area contributed by atoms with Gasteiger partial charge in [0.05, 0.1) is 0 Å². The highest BCUT2D eigenvalue weighted by Crippen LogP contribution is 2.34. The third-order valence-corrected chi connectivity index (χ3v) is 4.40. The van der Waals surface area contributed by atoms with Gasteiger partial charge < -0.3 is 5.73 Å². The first-order valence-corrected chi connectivity index (χ1v) is 7.30. The minimum Gasteiger partial charge on any atom is -0.379 e. The van der Waals surface area contributed by atoms with Gasteiger partial charge >= 0.3 is 0 Å². The van der Waals surface area contributed by atoms with Crippen molar-refractivity contribution in [3.63, 3.8) is 0 Å². The predicted octanol–water partition coefficient (Wildman–Crippen LogP) is 3.80. The second-order valence-electron chi connectivity index (χ2n) is 4.18. The first kappa shape index (κ1) is 12.7. The van der Waals surface area contributed by atoms with E-state index >= 15 is 0 Å². The van der Waals surface area contributed by atoms with E-state index in [4.69, 9.17) is 11.1 Å². The molecule has 2 nitrogen and oxygen atoms in total. The summed E-state index contributed by atoms with van der Waals surface area (Å²) in [5, 5.41) is 7.47. The number of hydrogen-bond acceptors (Lipinski definition) is 2. The molecule has 1 aliphatic rings. The van der Waals surface area contributed by atoms with Crippen LogP contribution in [0.1, 0.15) is 24.5 Å². The maximum absolute atomic E-state index is 7.27. The predicted molar refractivity (Wildman–Crippen MR) is 79.4 cm³/mol. The van der Waals surface area contributed by atoms with Crippen LogP contribution in [0.2, 0.25) is 0 Å². The Hall–Kier alpha value is -0.740. The summed E-state index contributed by atoms with van der Waals surface area (Å²) in [6.07, 6.45) is 2.18. The summed E-state index contributed by atoms with van der Waals surface area (Å²) in [7, 11) is 0. The molecule has 0 aromatic heterocycles. The number of nitrogens with two attached hydrogens (primary N) is 1. The molecule has 0 bridgehead atoms. The van der Waals surface area contributed by atoms with Crippen LogP contribution in [0.4, 0.5) is 0 Å². The molecular formula is C13H15BrN2S. The fourth-order valence-corrected chi connectivity index (χ4v) is 3.18. The highest BCUT2D eigenvalue weighted by molar-refractivity contribution is 9.10. The van der Waals surface area contributed by atoms with E-state index in [1.165, 1.54) is 34.0 Å². The SMILES string of the molecule is CC1=C(CSC(=N)N)CCc2ccc(Br)cc21. The van der Waals surface area contributed by atoms with E-state index in [0.717, 1.165) is 23.1 Å². The molecule has 0 fully saturated rings. The zero-order valence-corrected chi connectivity index (χ0v) is 12.1. The van der Waals surface area contributed by atoms with Crippen molar-refractivity contribution in [3.8, 4) is 0 Å². The van der Waals surface area contributed by atoms with Gasteiger partial charge in [-0.25, -0.2) is 0 Å². The lowest BCUT2D eigenvalue weighted by Crippen LogP contribution is -2.09. The average Bonchev–Trinajstić information content (AvgIpc) is 2.29. The first-order valence-electron chi connectivity index (χ1n) is 5.52. The van der Waals surface area contributed by atoms with Crippen molar-refractivity contribution in [2.75, 3.05) is 5.75 Å². The fraction of sp³-hybridized carbons (Fsp3) is 0.308. The maximum Gasteiger partial charge on any atom is 0.151 e. The average molecular weight is 311 g/mol. The molecule has 0 aliphatic heterocycles. The van der Waals surface area contributed by atoms with E-state index in [-0.39, 0.29) is 5.17 Å². The topological polar surface area (TPSA) is 49.9 Å². The maximum atomic E-state index is 7.27. The van der Waals surface area contributed by atoms with Crippen molar-refractivity contribution in [1.82, 2.24) is 0 Å². The van der Waals surface area contributed by atoms with Gasteiger partial charge in [-0.3, -0.25) is 5.41 Å². The zero-order valence-electron chi connectivity index (χ0n) is 9.72. The molecule has 3 N–H and O–H groups in total. The molecule has 0 spiro atoms. The molecule has 1 aliphatic carbocycles. The Bertz CT molecular complexity index is 494. The Kier molecular flexibility index (Phi) is 3.94. The molecular weight excluding hydrogens is 296 g/mol. The monoisotopic (exact) mass is 310 g/mol. The summed E-state index contributed by atoms with van der Waals surface area (Å²) < 4.78 is 1.12. The minimum absolute atomic E-state index is 0.199. The molecule has 0 saturated carbocycles. The number of thioether (sulfide) groups is 1. The van der Waals surface area contributed by atoms with Crippen LogP contribution in [0.3, 0.4) is 0 Å². The molecule has 1 aromatic rings. The van der Waals surface area contributed by atoms with E-state index in [2.05, 4.69) is 41.1 Å². The Morgan fingerprint density at radius 3 is 2.94 bits per heavy atom. The standard InChI is InChI=1S/C13H15BrN2S/c1-8-10(7-17-13(15)16)3-2-9-4-5-11(14)6-12(8)9/h4-6H,2-3,7H2,1H3,(H3,15,16). The summed E-state index contributed by atoms with van der Waals surface area (Å²) in [4.78, 5) is 0. The van der Waals surface area contributed by atoms with Crippen molar-refractivity contribution < 1.29 is 0 Å². The third-order valence-electron chi connectivity index (χ3n) is 3.10. The molecule has 17 heavy (non-hydrogen) atoms. The second-order valence-corrected chi connectivity index (χ2v) is 6.12. The Morgan fingerprint density at radius 1 is 1.47 bits per heavy atom. The van der Waals surface area contributed by atoms with E-state index in [1.54, 1.807) is 0 Å². The smallest absolute Gasteiger partial charge is 0.151 e. The fourth-order valence-electron chi connectivity index (χ4n) is 2.12. The largest absolute Gasteiger partial charge is 0.379 e. The lowest BCUT2D eigenvalue weighted by Gasteiger charge is -2.21. The molecule has 90 valence electrons. The number of hydrogen-bond donors (Lipinski definition) is 2. The lowest BCUT2D eigenvalue weighted by molar-refractivity contribution is 0.919. The van der Waals surface area contributed by atoms with Crippen LogP contribution in [-0.4, -0.2) is 10.9 Å². The summed E-state index contributed by atoms with van der Waals surface area (Å²) in [5.41, 5.74) is 10.9. The van der Waals surface area contributed by atoms with Crippen LogP contribution in [0.25, 0.3) is 5.57 Å². The number of aryl methyl sites for hydroxylation is 1. The minimum atomic E-state index is 0.199. The third kappa shape index (κ3) is 2.93. The van der Waals surface area contributed by atoms with Crippen LogP contribution in [0.5, 0.6) is 0 Å². The molecule has 0 heterocycles. The highest BCUT2D eigenvalue weighted by Gasteiger charge is 2.16. The Balaban J connectivity index is 2.30. The van der Waals surface area contributed by atoms with Crippen LogP contribution in [0.15, 0.2) is 28.2 Å². The molecule has 0 radical (unpaired) electrons. The number of rotatable bonds is 2. The van der Waals surface area contributed by atoms with E-state index < -0.39 is 0 Å². The highest BCUT2D eigenvalue weighted by atomic mass is 79.9. The number of amidine groups is 1. The molecule has 0 atom stereocenters. The first-order chi connectivity index (χ1) is 8.08. The van der Waals surface area contributed by atoms with Crippen LogP contribution >= 0.6 is 27.7 Å². The number of fused-ring (bicyclic) bond motifs is 1. The Labute approximate surface area is 114 Å². The van der Waals surface area contributed by atoms with Crippen molar-refractivity contribution >= 4 is 38.4 Å². The van der Waals surface area contributed by atoms with Gasteiger partial charge in [-0.1, -0.05) is 39.3 Å². The van der Waals surface area contributed by atoms with E-state index in [0.29, 0.717) is 0 Å². The normalized spacial score (nSPS) is 14.7. The zero-order chi connectivity index (χ0) is 12.4. The van der Waals surface area contributed by atoms with Gasteiger partial charge in [0, 0.05) is 10.2 Å². The van der Waals surface area contributed by atoms with Crippen LogP contribution in [0, 0.1) is 5.41 Å². The van der Waals surface area contributed by atoms with Crippen molar-refractivity contribution in [3.05, 3.63) is 39.4 Å². The molecule has 2 rings (SSSR count). The van der Waals surface area contributed by atoms with Gasteiger partial charge in [0.15, 0.2) is 5.17 Å². The summed E-state index contributed by atoms with van der Waals surface area (Å²) in [6, 6.07) is 6.47. The van der Waals surface area contributed by atoms with E-state index in [1.807, 2.05) is 0 Å². The molecule has 0 amide bonds. The number of nitrogens with one attached hydrogen (secondary N) is 1. The second kappa shape index (κ2) is 5.27. The van der Waals surface area contributed by atoms with Gasteiger partial charge in [-0.15, -0.1) is 0 Å². The molecule has 0 unspecified atom stereocenters. The quantitative estimate of drug-likeness (QED) is 0.645. The number of allylic oxidation sites excluding steroid dienone is 1. The van der Waals surface area contributed by atoms with Gasteiger partial charge in [0.1, 0.15) is 0 Å². The van der Waals surface area contributed by atoms with Gasteiger partial charge in [0.2, 0.25) is 0 Å². The van der Waals surface area contributed by atoms with Crippen LogP contribution in [-0.2, 0) is 6.42 Å². The number of benzene rings is 1. The molecule has 1 aromatic carbocycles. The molecule has 4 heteroatoms. The lowest BCUT2D eigenvalue weighted by atomic mass is 9.87. The summed E-state index contributed by atoms with van der Waals surface area (Å²) in [6.45, 7) is 2.17. The van der Waals surface area contributed by atoms with Gasteiger partial charge in [-0.05, 0) is 48.6 Å². The number of halogens is 1. The summed E-state index contributed by atoms with van der Waals surface area (Å²) in [5.74, 6) is 0.840. The summed E-state index contributed by atoms with van der Waals surface area (Å²) >= 11 is 4.93. The van der Waals surface area contributed by atoms with Gasteiger partial charge in [-0.2, -0.15) is 0 Å². The van der Waals surface area contributed by atoms with E-state index in [9.17, 15) is 0 Å². The van der Waals surface area contributed by atoms with Gasteiger partial charge in [0.25, 0.3) is 0 Å². The van der Waals surface area contributed by atoms with Crippen LogP contribution < -0.4 is 5.73 Å².